The number of pyridine rings is 2. The molecule has 3 heterocycles. The number of aromatic nitrogens is 2. The van der Waals surface area contributed by atoms with Crippen molar-refractivity contribution in [1.29, 1.82) is 0 Å². The molecule has 0 spiro atoms. The van der Waals surface area contributed by atoms with E-state index >= 15 is 0 Å². The van der Waals surface area contributed by atoms with E-state index in [4.69, 9.17) is 4.42 Å². The minimum absolute atomic E-state index is 0. The fraction of sp³-hybridized carbons (Fsp3) is 0.200. The van der Waals surface area contributed by atoms with E-state index in [1.165, 1.54) is 37.5 Å². The molecule has 8 rings (SSSR count). The fourth-order valence-corrected chi connectivity index (χ4v) is 8.66. The first-order chi connectivity index (χ1) is 23.9. The summed E-state index contributed by atoms with van der Waals surface area (Å²) in [6, 6.07) is 43.1. The maximum absolute atomic E-state index is 6.51. The average Bonchev–Trinajstić information content (AvgIpc) is 3.48. The van der Waals surface area contributed by atoms with Crippen LogP contribution in [0.1, 0.15) is 25.3 Å². The van der Waals surface area contributed by atoms with Crippen LogP contribution in [-0.2, 0) is 20.1 Å². The quantitative estimate of drug-likeness (QED) is 0.0982. The maximum atomic E-state index is 6.51. The Balaban J connectivity index is 0.000000222. The zero-order chi connectivity index (χ0) is 35.2. The Bertz CT molecular complexity index is 2470. The summed E-state index contributed by atoms with van der Waals surface area (Å²) < 4.78 is 6.51. The molecule has 0 aliphatic rings. The van der Waals surface area contributed by atoms with Gasteiger partial charge in [0.1, 0.15) is 5.58 Å². The van der Waals surface area contributed by atoms with E-state index in [-0.39, 0.29) is 20.1 Å². The Morgan fingerprint density at radius 2 is 1.35 bits per heavy atom. The third-order valence-corrected chi connectivity index (χ3v) is 13.6. The van der Waals surface area contributed by atoms with Crippen molar-refractivity contribution in [2.75, 3.05) is 0 Å². The molecule has 6 heteroatoms. The van der Waals surface area contributed by atoms with E-state index in [0.717, 1.165) is 44.5 Å². The third kappa shape index (κ3) is 7.56. The van der Waals surface area contributed by atoms with E-state index in [9.17, 15) is 0 Å². The van der Waals surface area contributed by atoms with Crippen LogP contribution in [0.2, 0.25) is 39.3 Å². The van der Waals surface area contributed by atoms with Crippen molar-refractivity contribution in [1.82, 2.24) is 9.97 Å². The summed E-state index contributed by atoms with van der Waals surface area (Å²) in [5.41, 5.74) is 6.92. The molecule has 0 atom stereocenters. The topological polar surface area (TPSA) is 38.9 Å². The van der Waals surface area contributed by atoms with E-state index in [2.05, 4.69) is 148 Å². The van der Waals surface area contributed by atoms with Crippen molar-refractivity contribution in [3.8, 4) is 22.5 Å². The van der Waals surface area contributed by atoms with Gasteiger partial charge in [0.25, 0.3) is 0 Å². The van der Waals surface area contributed by atoms with Crippen LogP contribution in [0.3, 0.4) is 0 Å². The number of fused-ring (bicyclic) bond motifs is 6. The Morgan fingerprint density at radius 1 is 0.608 bits per heavy atom. The molecule has 0 N–H and O–H groups in total. The van der Waals surface area contributed by atoms with Gasteiger partial charge in [0.2, 0.25) is 0 Å². The molecule has 259 valence electrons. The van der Waals surface area contributed by atoms with Crippen molar-refractivity contribution in [3.63, 3.8) is 0 Å². The van der Waals surface area contributed by atoms with Gasteiger partial charge in [-0.2, -0.15) is 0 Å². The number of rotatable bonds is 5. The van der Waals surface area contributed by atoms with Crippen LogP contribution < -0.4 is 10.4 Å². The normalized spacial score (nSPS) is 11.9. The summed E-state index contributed by atoms with van der Waals surface area (Å²) in [4.78, 5) is 9.17. The zero-order valence-electron chi connectivity index (χ0n) is 30.7. The third-order valence-electron chi connectivity index (χ3n) is 9.57. The van der Waals surface area contributed by atoms with Gasteiger partial charge in [0.05, 0.1) is 21.7 Å². The zero-order valence-corrected chi connectivity index (χ0v) is 35.1. The molecule has 0 aliphatic heterocycles. The number of furan rings is 1. The number of nitrogens with zero attached hydrogens (tertiary/aromatic N) is 2. The van der Waals surface area contributed by atoms with Crippen molar-refractivity contribution in [2.45, 2.75) is 59.0 Å². The van der Waals surface area contributed by atoms with Crippen molar-refractivity contribution >= 4 is 70.0 Å². The molecule has 0 unspecified atom stereocenters. The van der Waals surface area contributed by atoms with Crippen LogP contribution in [0.5, 0.6) is 0 Å². The van der Waals surface area contributed by atoms with Gasteiger partial charge in [0, 0.05) is 37.9 Å². The second kappa shape index (κ2) is 14.4. The Labute approximate surface area is 317 Å². The predicted octanol–water partition coefficient (Wildman–Crippen LogP) is 11.5. The second-order valence-electron chi connectivity index (χ2n) is 15.6. The van der Waals surface area contributed by atoms with Crippen LogP contribution in [-0.4, -0.2) is 26.1 Å². The van der Waals surface area contributed by atoms with Crippen LogP contribution >= 0.6 is 0 Å². The average molecular weight is 877 g/mol. The molecule has 0 amide bonds. The molecule has 0 bridgehead atoms. The Kier molecular flexibility index (Phi) is 10.4. The SMILES string of the molecule is CC(C)c1ccnc(-c2[c-]ccc3c2oc2cc4c(ccc5cc([Si](C)(C)C)ccc54)cc23)c1.C[Si](C)(C)c1ccc(-c2[c-]cccc2)nc1.[Ir]. The summed E-state index contributed by atoms with van der Waals surface area (Å²) in [6.07, 6.45) is 3.90. The Hall–Kier alpha value is -4.20. The van der Waals surface area contributed by atoms with Crippen LogP contribution in [0.15, 0.2) is 120 Å². The smallest absolute Gasteiger partial charge is 0.121 e. The van der Waals surface area contributed by atoms with Gasteiger partial charge in [-0.3, -0.25) is 0 Å². The van der Waals surface area contributed by atoms with Gasteiger partial charge in [-0.25, -0.2) is 0 Å². The molecule has 3 nitrogen and oxygen atoms in total. The van der Waals surface area contributed by atoms with Crippen molar-refractivity contribution in [3.05, 3.63) is 133 Å². The number of hydrogen-bond acceptors (Lipinski definition) is 3. The molecule has 0 saturated heterocycles. The first kappa shape index (κ1) is 36.6. The largest absolute Gasteiger partial charge is 0.501 e. The number of hydrogen-bond donors (Lipinski definition) is 0. The minimum Gasteiger partial charge on any atom is -0.501 e. The van der Waals surface area contributed by atoms with Crippen molar-refractivity contribution in [2.24, 2.45) is 0 Å². The summed E-state index contributed by atoms with van der Waals surface area (Å²) >= 11 is 0. The molecule has 3 aromatic heterocycles. The fourth-order valence-electron chi connectivity index (χ4n) is 6.45. The van der Waals surface area contributed by atoms with Gasteiger partial charge < -0.3 is 14.4 Å². The van der Waals surface area contributed by atoms with E-state index in [1.54, 1.807) is 0 Å². The minimum atomic E-state index is -1.36. The number of benzene rings is 5. The monoisotopic (exact) mass is 877 g/mol. The molecule has 51 heavy (non-hydrogen) atoms. The second-order valence-corrected chi connectivity index (χ2v) is 25.8. The van der Waals surface area contributed by atoms with Crippen LogP contribution in [0.4, 0.5) is 0 Å². The van der Waals surface area contributed by atoms with E-state index < -0.39 is 16.1 Å². The molecule has 0 fully saturated rings. The van der Waals surface area contributed by atoms with Gasteiger partial charge >= 0.3 is 0 Å². The van der Waals surface area contributed by atoms with Gasteiger partial charge in [0.15, 0.2) is 0 Å². The van der Waals surface area contributed by atoms with Gasteiger partial charge in [-0.1, -0.05) is 123 Å². The summed E-state index contributed by atoms with van der Waals surface area (Å²) in [5, 5.41) is 10.2. The van der Waals surface area contributed by atoms with E-state index in [1.807, 2.05) is 42.7 Å². The van der Waals surface area contributed by atoms with Crippen molar-refractivity contribution < 1.29 is 24.5 Å². The summed E-state index contributed by atoms with van der Waals surface area (Å²) in [6.45, 7) is 18.6. The standard InChI is InChI=1S/C31H28NOSi.C14H16NSi.Ir/c1-19(2)20-13-14-32-29(17-20)26-8-6-7-25-28-16-22-10-9-21-15-23(34(3,4)5)11-12-24(21)27(22)18-30(28)33-31(25)26;1-16(2,3)13-9-10-14(15-11-13)12-7-5-4-6-8-12;/h6-7,9-19H,1-5H3;4-7,9-11H,1-3H3;/q2*-1;. The summed E-state index contributed by atoms with van der Waals surface area (Å²) in [7, 11) is -2.59. The molecule has 5 aromatic carbocycles. The van der Waals surface area contributed by atoms with Crippen LogP contribution in [0.25, 0.3) is 66.0 Å². The van der Waals surface area contributed by atoms with E-state index in [0.29, 0.717) is 5.92 Å². The molecular formula is C45H44IrN2OSi2-2. The first-order valence-corrected chi connectivity index (χ1v) is 24.5. The molecular weight excluding hydrogens is 833 g/mol. The Morgan fingerprint density at radius 3 is 2.02 bits per heavy atom. The predicted molar refractivity (Wildman–Crippen MR) is 219 cm³/mol. The first-order valence-electron chi connectivity index (χ1n) is 17.5. The van der Waals surface area contributed by atoms with Gasteiger partial charge in [-0.05, 0) is 62.2 Å². The van der Waals surface area contributed by atoms with Gasteiger partial charge in [-0.15, -0.1) is 54.1 Å². The maximum Gasteiger partial charge on any atom is 0.121 e. The molecule has 0 saturated carbocycles. The molecule has 0 aliphatic carbocycles. The molecule has 8 aromatic rings. The van der Waals surface area contributed by atoms with Crippen LogP contribution in [0, 0.1) is 12.1 Å². The summed E-state index contributed by atoms with van der Waals surface area (Å²) in [5.74, 6) is 0.441. The molecule has 1 radical (unpaired) electrons.